The zero-order valence-corrected chi connectivity index (χ0v) is 16.8. The van der Waals surface area contributed by atoms with E-state index < -0.39 is 0 Å². The molecule has 4 rings (SSSR count). The molecule has 0 fully saturated rings. The molecule has 2 heterocycles. The quantitative estimate of drug-likeness (QED) is 0.337. The van der Waals surface area contributed by atoms with Crippen LogP contribution in [0.4, 0.5) is 0 Å². The molecule has 7 nitrogen and oxygen atoms in total. The van der Waals surface area contributed by atoms with E-state index in [1.807, 2.05) is 31.2 Å². The fourth-order valence-electron chi connectivity index (χ4n) is 3.37. The number of carbonyl (C=O) groups excluding carboxylic acids is 1. The molecule has 0 aliphatic rings. The van der Waals surface area contributed by atoms with Crippen LogP contribution < -0.4 is 10.9 Å². The van der Waals surface area contributed by atoms with E-state index in [1.54, 1.807) is 18.2 Å². The molecule has 4 aromatic rings. The van der Waals surface area contributed by atoms with Gasteiger partial charge in [0.05, 0.1) is 21.9 Å². The van der Waals surface area contributed by atoms with Gasteiger partial charge in [-0.3, -0.25) is 14.2 Å². The summed E-state index contributed by atoms with van der Waals surface area (Å²) in [4.78, 5) is 35.8. The van der Waals surface area contributed by atoms with Gasteiger partial charge in [-0.2, -0.15) is 0 Å². The molecule has 2 aromatic heterocycles. The minimum Gasteiger partial charge on any atom is -0.352 e. The van der Waals surface area contributed by atoms with E-state index in [2.05, 4.69) is 20.3 Å². The molecule has 29 heavy (non-hydrogen) atoms. The Labute approximate surface area is 171 Å². The lowest BCUT2D eigenvalue weighted by Crippen LogP contribution is -2.25. The first-order valence-electron chi connectivity index (χ1n) is 9.55. The molecule has 0 unspecified atom stereocenters. The van der Waals surface area contributed by atoms with E-state index in [9.17, 15) is 9.59 Å². The smallest absolute Gasteiger partial charge is 0.262 e. The van der Waals surface area contributed by atoms with Crippen molar-refractivity contribution in [2.75, 3.05) is 6.54 Å². The fraction of sp³-hybridized carbons (Fsp3) is 0.238. The number of nitrogens with one attached hydrogen (secondary N) is 3. The van der Waals surface area contributed by atoms with Crippen LogP contribution in [0.1, 0.15) is 29.5 Å². The van der Waals surface area contributed by atoms with Crippen LogP contribution in [0.3, 0.4) is 0 Å². The highest BCUT2D eigenvalue weighted by Crippen LogP contribution is 2.12. The van der Waals surface area contributed by atoms with Crippen LogP contribution in [0.15, 0.2) is 47.3 Å². The summed E-state index contributed by atoms with van der Waals surface area (Å²) < 4.78 is 1.85. The maximum atomic E-state index is 12.5. The van der Waals surface area contributed by atoms with Crippen molar-refractivity contribution in [3.63, 3.8) is 0 Å². The molecule has 0 spiro atoms. The number of aromatic amines is 2. The summed E-state index contributed by atoms with van der Waals surface area (Å²) in [6, 6.07) is 12.9. The summed E-state index contributed by atoms with van der Waals surface area (Å²) in [5.74, 6) is 0.724. The first-order valence-corrected chi connectivity index (χ1v) is 9.96. The van der Waals surface area contributed by atoms with Crippen molar-refractivity contribution in [1.29, 1.82) is 0 Å². The number of benzene rings is 2. The molecular formula is C21H21N5O2S. The van der Waals surface area contributed by atoms with Crippen molar-refractivity contribution in [1.82, 2.24) is 24.8 Å². The van der Waals surface area contributed by atoms with Crippen LogP contribution in [0.2, 0.25) is 0 Å². The molecular weight excluding hydrogens is 386 g/mol. The Kier molecular flexibility index (Phi) is 5.26. The first kappa shape index (κ1) is 19.1. The summed E-state index contributed by atoms with van der Waals surface area (Å²) >= 11 is 5.23. The molecule has 2 aromatic carbocycles. The van der Waals surface area contributed by atoms with E-state index in [0.717, 1.165) is 29.7 Å². The van der Waals surface area contributed by atoms with Gasteiger partial charge in [-0.25, -0.2) is 4.98 Å². The Morgan fingerprint density at radius 3 is 2.79 bits per heavy atom. The van der Waals surface area contributed by atoms with Crippen molar-refractivity contribution >= 4 is 40.1 Å². The van der Waals surface area contributed by atoms with E-state index in [1.165, 1.54) is 4.57 Å². The second-order valence-corrected chi connectivity index (χ2v) is 7.19. The number of nitrogens with zero attached hydrogens (tertiary/aromatic N) is 2. The van der Waals surface area contributed by atoms with Gasteiger partial charge in [-0.1, -0.05) is 12.1 Å². The highest BCUT2D eigenvalue weighted by atomic mass is 32.1. The Hall–Kier alpha value is -3.26. The first-order chi connectivity index (χ1) is 14.1. The highest BCUT2D eigenvalue weighted by molar-refractivity contribution is 7.71. The largest absolute Gasteiger partial charge is 0.352 e. The monoisotopic (exact) mass is 407 g/mol. The summed E-state index contributed by atoms with van der Waals surface area (Å²) in [6.45, 7) is 2.89. The lowest BCUT2D eigenvalue weighted by Gasteiger charge is -2.08. The van der Waals surface area contributed by atoms with Crippen LogP contribution in [0, 0.1) is 4.77 Å². The van der Waals surface area contributed by atoms with E-state index in [0.29, 0.717) is 34.3 Å². The van der Waals surface area contributed by atoms with Gasteiger partial charge in [-0.05, 0) is 55.9 Å². The van der Waals surface area contributed by atoms with Crippen LogP contribution in [-0.4, -0.2) is 32.0 Å². The number of hydrogen-bond donors (Lipinski definition) is 3. The second kappa shape index (κ2) is 8.00. The number of amides is 1. The molecule has 0 saturated carbocycles. The van der Waals surface area contributed by atoms with Crippen molar-refractivity contribution in [3.05, 3.63) is 69.0 Å². The molecule has 148 valence electrons. The zero-order chi connectivity index (χ0) is 20.4. The standard InChI is InChI=1S/C21H21N5O2S/c1-2-26-20(28)14-10-9-13(12-17(14)25-21(26)29)19(27)22-11-5-8-18-23-15-6-3-4-7-16(15)24-18/h3-4,6-7,9-10,12H,2,5,8,11H2,1H3,(H,22,27)(H,23,24)(H,25,29). The van der Waals surface area contributed by atoms with Gasteiger partial charge in [-0.15, -0.1) is 0 Å². The Morgan fingerprint density at radius 1 is 1.17 bits per heavy atom. The number of imidazole rings is 1. The third-order valence-electron chi connectivity index (χ3n) is 4.87. The molecule has 1 amide bonds. The highest BCUT2D eigenvalue weighted by Gasteiger charge is 2.10. The molecule has 0 radical (unpaired) electrons. The predicted molar refractivity (Wildman–Crippen MR) is 116 cm³/mol. The molecule has 0 aliphatic heterocycles. The Balaban J connectivity index is 1.41. The number of carbonyl (C=O) groups is 1. The summed E-state index contributed by atoms with van der Waals surface area (Å²) in [5.41, 5.74) is 2.87. The zero-order valence-electron chi connectivity index (χ0n) is 16.0. The predicted octanol–water partition coefficient (Wildman–Crippen LogP) is 3.32. The van der Waals surface area contributed by atoms with Crippen LogP contribution >= 0.6 is 12.2 Å². The van der Waals surface area contributed by atoms with E-state index >= 15 is 0 Å². The third kappa shape index (κ3) is 3.84. The molecule has 0 saturated heterocycles. The lowest BCUT2D eigenvalue weighted by atomic mass is 10.1. The van der Waals surface area contributed by atoms with Crippen molar-refractivity contribution in [2.45, 2.75) is 26.3 Å². The molecule has 0 bridgehead atoms. The number of aryl methyl sites for hydroxylation is 1. The lowest BCUT2D eigenvalue weighted by molar-refractivity contribution is 0.0953. The van der Waals surface area contributed by atoms with Crippen molar-refractivity contribution in [3.8, 4) is 0 Å². The van der Waals surface area contributed by atoms with E-state index in [4.69, 9.17) is 12.2 Å². The van der Waals surface area contributed by atoms with Crippen molar-refractivity contribution < 1.29 is 4.79 Å². The number of hydrogen-bond acceptors (Lipinski definition) is 4. The van der Waals surface area contributed by atoms with E-state index in [-0.39, 0.29) is 11.5 Å². The topological polar surface area (TPSA) is 95.6 Å². The number of para-hydroxylation sites is 2. The summed E-state index contributed by atoms with van der Waals surface area (Å²) in [7, 11) is 0. The van der Waals surface area contributed by atoms with Gasteiger partial charge in [0.15, 0.2) is 4.77 Å². The number of aromatic nitrogens is 4. The maximum absolute atomic E-state index is 12.5. The molecule has 0 atom stereocenters. The molecule has 8 heteroatoms. The van der Waals surface area contributed by atoms with Gasteiger partial charge in [0, 0.05) is 25.1 Å². The van der Waals surface area contributed by atoms with Gasteiger partial charge >= 0.3 is 0 Å². The molecule has 0 aliphatic carbocycles. The normalized spacial score (nSPS) is 11.2. The fourth-order valence-corrected chi connectivity index (χ4v) is 3.69. The van der Waals surface area contributed by atoms with Gasteiger partial charge < -0.3 is 15.3 Å². The SMILES string of the molecule is CCn1c(=S)[nH]c2cc(C(=O)NCCCc3nc4ccccc4[nH]3)ccc2c1=O. The third-order valence-corrected chi connectivity index (χ3v) is 5.20. The van der Waals surface area contributed by atoms with Crippen LogP contribution in [0.5, 0.6) is 0 Å². The Morgan fingerprint density at radius 2 is 2.00 bits per heavy atom. The van der Waals surface area contributed by atoms with Crippen LogP contribution in [0.25, 0.3) is 21.9 Å². The number of H-pyrrole nitrogens is 2. The van der Waals surface area contributed by atoms with Crippen molar-refractivity contribution in [2.24, 2.45) is 0 Å². The number of rotatable bonds is 6. The number of fused-ring (bicyclic) bond motifs is 2. The molecule has 3 N–H and O–H groups in total. The summed E-state index contributed by atoms with van der Waals surface area (Å²) in [6.07, 6.45) is 1.51. The summed E-state index contributed by atoms with van der Waals surface area (Å²) in [5, 5.41) is 3.43. The van der Waals surface area contributed by atoms with Gasteiger partial charge in [0.2, 0.25) is 0 Å². The average molecular weight is 407 g/mol. The average Bonchev–Trinajstić information content (AvgIpc) is 3.14. The Bertz CT molecular complexity index is 1290. The minimum atomic E-state index is -0.185. The maximum Gasteiger partial charge on any atom is 0.262 e. The minimum absolute atomic E-state index is 0.149. The van der Waals surface area contributed by atoms with Gasteiger partial charge in [0.1, 0.15) is 5.82 Å². The van der Waals surface area contributed by atoms with Gasteiger partial charge in [0.25, 0.3) is 11.5 Å². The second-order valence-electron chi connectivity index (χ2n) is 6.80. The van der Waals surface area contributed by atoms with Crippen LogP contribution in [-0.2, 0) is 13.0 Å².